The van der Waals surface area contributed by atoms with Gasteiger partial charge in [0.15, 0.2) is 0 Å². The Balaban J connectivity index is 2.17. The smallest absolute Gasteiger partial charge is 0.223 e. The van der Waals surface area contributed by atoms with Crippen LogP contribution in [0.25, 0.3) is 0 Å². The molecule has 0 radical (unpaired) electrons. The lowest BCUT2D eigenvalue weighted by Crippen LogP contribution is -2.20. The van der Waals surface area contributed by atoms with Crippen molar-refractivity contribution in [1.82, 2.24) is 5.32 Å². The lowest BCUT2D eigenvalue weighted by molar-refractivity contribution is -0.122. The maximum absolute atomic E-state index is 11.2. The Kier molecular flexibility index (Phi) is 2.05. The van der Waals surface area contributed by atoms with Gasteiger partial charge >= 0.3 is 0 Å². The van der Waals surface area contributed by atoms with E-state index >= 15 is 0 Å². The van der Waals surface area contributed by atoms with Gasteiger partial charge in [-0.25, -0.2) is 0 Å². The fourth-order valence-electron chi connectivity index (χ4n) is 1.74. The van der Waals surface area contributed by atoms with Crippen molar-refractivity contribution in [2.24, 2.45) is 5.92 Å². The summed E-state index contributed by atoms with van der Waals surface area (Å²) in [6, 6.07) is 10.3. The number of hydrogen-bond donors (Lipinski definition) is 1. The first kappa shape index (κ1) is 8.30. The van der Waals surface area contributed by atoms with Crippen molar-refractivity contribution in [3.05, 3.63) is 35.9 Å². The Bertz CT molecular complexity index is 307. The standard InChI is InChI=1S/C11H13NO/c1-8-7-10(12-11(8)13)9-5-3-2-4-6-9/h2-6,8,10H,7H2,1H3,(H,12,13). The maximum Gasteiger partial charge on any atom is 0.223 e. The van der Waals surface area contributed by atoms with Gasteiger partial charge in [0.1, 0.15) is 0 Å². The Morgan fingerprint density at radius 3 is 2.54 bits per heavy atom. The van der Waals surface area contributed by atoms with Gasteiger partial charge < -0.3 is 5.32 Å². The predicted molar refractivity (Wildman–Crippen MR) is 51.1 cm³/mol. The average Bonchev–Trinajstić information content (AvgIpc) is 2.49. The van der Waals surface area contributed by atoms with Gasteiger partial charge in [-0.1, -0.05) is 37.3 Å². The van der Waals surface area contributed by atoms with Crippen molar-refractivity contribution < 1.29 is 4.79 Å². The predicted octanol–water partition coefficient (Wildman–Crippen LogP) is 1.88. The number of amides is 1. The van der Waals surface area contributed by atoms with Crippen LogP contribution in [0.4, 0.5) is 0 Å². The second kappa shape index (κ2) is 3.21. The molecule has 1 saturated heterocycles. The van der Waals surface area contributed by atoms with Crippen LogP contribution in [0.2, 0.25) is 0 Å². The summed E-state index contributed by atoms with van der Waals surface area (Å²) in [5, 5.41) is 2.98. The van der Waals surface area contributed by atoms with Crippen LogP contribution in [-0.2, 0) is 4.79 Å². The minimum Gasteiger partial charge on any atom is -0.349 e. The van der Waals surface area contributed by atoms with Crippen LogP contribution in [0.15, 0.2) is 30.3 Å². The van der Waals surface area contributed by atoms with E-state index in [1.54, 1.807) is 0 Å². The topological polar surface area (TPSA) is 29.1 Å². The molecular formula is C11H13NO. The van der Waals surface area contributed by atoms with Crippen molar-refractivity contribution in [3.8, 4) is 0 Å². The number of carbonyl (C=O) groups excluding carboxylic acids is 1. The summed E-state index contributed by atoms with van der Waals surface area (Å²) in [6.45, 7) is 1.97. The molecule has 0 saturated carbocycles. The molecule has 2 unspecified atom stereocenters. The first-order chi connectivity index (χ1) is 6.27. The highest BCUT2D eigenvalue weighted by atomic mass is 16.2. The summed E-state index contributed by atoms with van der Waals surface area (Å²) in [5.74, 6) is 0.332. The molecule has 1 aromatic rings. The van der Waals surface area contributed by atoms with E-state index < -0.39 is 0 Å². The van der Waals surface area contributed by atoms with E-state index in [9.17, 15) is 4.79 Å². The van der Waals surface area contributed by atoms with Gasteiger partial charge in [-0.15, -0.1) is 0 Å². The number of hydrogen-bond acceptors (Lipinski definition) is 1. The summed E-state index contributed by atoms with van der Waals surface area (Å²) < 4.78 is 0. The van der Waals surface area contributed by atoms with E-state index in [-0.39, 0.29) is 17.9 Å². The maximum atomic E-state index is 11.2. The molecule has 1 aromatic carbocycles. The molecule has 0 spiro atoms. The Hall–Kier alpha value is -1.31. The third kappa shape index (κ3) is 1.57. The van der Waals surface area contributed by atoms with Gasteiger partial charge in [-0.2, -0.15) is 0 Å². The van der Waals surface area contributed by atoms with Crippen LogP contribution in [0.1, 0.15) is 24.9 Å². The highest BCUT2D eigenvalue weighted by Gasteiger charge is 2.28. The molecule has 2 heteroatoms. The molecule has 2 rings (SSSR count). The van der Waals surface area contributed by atoms with E-state index in [0.717, 1.165) is 6.42 Å². The Morgan fingerprint density at radius 1 is 1.31 bits per heavy atom. The molecule has 1 heterocycles. The summed E-state index contributed by atoms with van der Waals surface area (Å²) in [5.41, 5.74) is 1.21. The van der Waals surface area contributed by atoms with Gasteiger partial charge in [0, 0.05) is 5.92 Å². The van der Waals surface area contributed by atoms with Crippen molar-refractivity contribution in [3.63, 3.8) is 0 Å². The summed E-state index contributed by atoms with van der Waals surface area (Å²) in [6.07, 6.45) is 0.919. The van der Waals surface area contributed by atoms with Crippen LogP contribution in [-0.4, -0.2) is 5.91 Å². The van der Waals surface area contributed by atoms with Crippen LogP contribution in [0.3, 0.4) is 0 Å². The number of nitrogens with one attached hydrogen (secondary N) is 1. The molecule has 0 aromatic heterocycles. The SMILES string of the molecule is CC1CC(c2ccccc2)NC1=O. The van der Waals surface area contributed by atoms with Gasteiger partial charge in [0.2, 0.25) is 5.91 Å². The highest BCUT2D eigenvalue weighted by molar-refractivity contribution is 5.81. The van der Waals surface area contributed by atoms with E-state index in [1.165, 1.54) is 5.56 Å². The van der Waals surface area contributed by atoms with Gasteiger partial charge in [-0.05, 0) is 12.0 Å². The van der Waals surface area contributed by atoms with E-state index in [1.807, 2.05) is 25.1 Å². The number of benzene rings is 1. The molecule has 13 heavy (non-hydrogen) atoms. The summed E-state index contributed by atoms with van der Waals surface area (Å²) in [4.78, 5) is 11.2. The Morgan fingerprint density at radius 2 is 2.00 bits per heavy atom. The van der Waals surface area contributed by atoms with Crippen LogP contribution < -0.4 is 5.32 Å². The lowest BCUT2D eigenvalue weighted by Gasteiger charge is -2.08. The first-order valence-corrected chi connectivity index (χ1v) is 4.62. The summed E-state index contributed by atoms with van der Waals surface area (Å²) in [7, 11) is 0. The molecule has 2 nitrogen and oxygen atoms in total. The van der Waals surface area contributed by atoms with Crippen molar-refractivity contribution >= 4 is 5.91 Å². The minimum atomic E-state index is 0.158. The molecule has 0 bridgehead atoms. The quantitative estimate of drug-likeness (QED) is 0.693. The third-order valence-corrected chi connectivity index (χ3v) is 2.56. The summed E-state index contributed by atoms with van der Waals surface area (Å²) >= 11 is 0. The van der Waals surface area contributed by atoms with E-state index in [2.05, 4.69) is 17.4 Å². The van der Waals surface area contributed by atoms with Crippen molar-refractivity contribution in [1.29, 1.82) is 0 Å². The first-order valence-electron chi connectivity index (χ1n) is 4.62. The molecular weight excluding hydrogens is 162 g/mol. The zero-order valence-corrected chi connectivity index (χ0v) is 7.66. The molecule has 1 N–H and O–H groups in total. The van der Waals surface area contributed by atoms with Crippen molar-refractivity contribution in [2.75, 3.05) is 0 Å². The Labute approximate surface area is 78.0 Å². The molecule has 2 atom stereocenters. The molecule has 68 valence electrons. The third-order valence-electron chi connectivity index (χ3n) is 2.56. The zero-order valence-electron chi connectivity index (χ0n) is 7.66. The number of rotatable bonds is 1. The minimum absolute atomic E-state index is 0.158. The molecule has 0 aliphatic carbocycles. The second-order valence-corrected chi connectivity index (χ2v) is 3.61. The molecule has 1 aliphatic heterocycles. The fraction of sp³-hybridized carbons (Fsp3) is 0.364. The van der Waals surface area contributed by atoms with Crippen LogP contribution in [0.5, 0.6) is 0 Å². The van der Waals surface area contributed by atoms with Gasteiger partial charge in [0.25, 0.3) is 0 Å². The lowest BCUT2D eigenvalue weighted by atomic mass is 10.0. The average molecular weight is 175 g/mol. The molecule has 1 amide bonds. The van der Waals surface area contributed by atoms with Crippen LogP contribution >= 0.6 is 0 Å². The number of carbonyl (C=O) groups is 1. The van der Waals surface area contributed by atoms with Crippen molar-refractivity contribution in [2.45, 2.75) is 19.4 Å². The monoisotopic (exact) mass is 175 g/mol. The van der Waals surface area contributed by atoms with E-state index in [0.29, 0.717) is 0 Å². The largest absolute Gasteiger partial charge is 0.349 e. The second-order valence-electron chi connectivity index (χ2n) is 3.61. The fourth-order valence-corrected chi connectivity index (χ4v) is 1.74. The van der Waals surface area contributed by atoms with E-state index in [4.69, 9.17) is 0 Å². The highest BCUT2D eigenvalue weighted by Crippen LogP contribution is 2.26. The molecule has 1 fully saturated rings. The zero-order chi connectivity index (χ0) is 9.26. The molecule has 1 aliphatic rings. The van der Waals surface area contributed by atoms with Gasteiger partial charge in [0.05, 0.1) is 6.04 Å². The normalized spacial score (nSPS) is 27.3. The van der Waals surface area contributed by atoms with Crippen LogP contribution in [0, 0.1) is 5.92 Å². The van der Waals surface area contributed by atoms with Gasteiger partial charge in [-0.3, -0.25) is 4.79 Å².